The Morgan fingerprint density at radius 2 is 1.96 bits per heavy atom. The van der Waals surface area contributed by atoms with Crippen molar-refractivity contribution in [2.45, 2.75) is 24.8 Å². The number of nitrogens with one attached hydrogen (secondary N) is 2. The Labute approximate surface area is 151 Å². The molecule has 1 amide bonds. The van der Waals surface area contributed by atoms with Gasteiger partial charge in [0.25, 0.3) is 0 Å². The fourth-order valence-corrected chi connectivity index (χ4v) is 3.32. The third-order valence-corrected chi connectivity index (χ3v) is 5.02. The Morgan fingerprint density at radius 1 is 1.16 bits per heavy atom. The molecule has 1 saturated carbocycles. The standard InChI is InChI=1S/C20H18ClN3O/c21-17-3-1-2-16(12-17)20(9-10-20)19(25)22-13-14-4-6-15(7-5-14)18-8-11-23-24-18/h1-8,11-12H,9-10,13H2,(H,22,25)(H,23,24). The first-order valence-corrected chi connectivity index (χ1v) is 8.68. The molecule has 5 heteroatoms. The van der Waals surface area contributed by atoms with E-state index in [4.69, 9.17) is 11.6 Å². The quantitative estimate of drug-likeness (QED) is 0.727. The smallest absolute Gasteiger partial charge is 0.230 e. The lowest BCUT2D eigenvalue weighted by Gasteiger charge is -2.16. The molecule has 3 aromatic rings. The van der Waals surface area contributed by atoms with Gasteiger partial charge < -0.3 is 5.32 Å². The number of benzene rings is 2. The maximum absolute atomic E-state index is 12.7. The third kappa shape index (κ3) is 3.17. The van der Waals surface area contributed by atoms with Crippen LogP contribution in [0.25, 0.3) is 11.3 Å². The normalized spacial score (nSPS) is 14.9. The summed E-state index contributed by atoms with van der Waals surface area (Å²) in [5, 5.41) is 10.6. The van der Waals surface area contributed by atoms with Gasteiger partial charge in [0.05, 0.1) is 11.1 Å². The van der Waals surface area contributed by atoms with Crippen molar-refractivity contribution in [2.75, 3.05) is 0 Å². The van der Waals surface area contributed by atoms with E-state index in [2.05, 4.69) is 15.5 Å². The average Bonchev–Trinajstić information content (AvgIpc) is 3.27. The summed E-state index contributed by atoms with van der Waals surface area (Å²) in [7, 11) is 0. The molecule has 0 spiro atoms. The van der Waals surface area contributed by atoms with Crippen molar-refractivity contribution in [3.05, 3.63) is 76.9 Å². The highest BCUT2D eigenvalue weighted by Gasteiger charge is 2.51. The highest BCUT2D eigenvalue weighted by atomic mass is 35.5. The summed E-state index contributed by atoms with van der Waals surface area (Å²) in [4.78, 5) is 12.7. The molecule has 0 aliphatic heterocycles. The second-order valence-electron chi connectivity index (χ2n) is 6.44. The molecular weight excluding hydrogens is 334 g/mol. The van der Waals surface area contributed by atoms with Crippen LogP contribution >= 0.6 is 11.6 Å². The predicted molar refractivity (Wildman–Crippen MR) is 98.2 cm³/mol. The largest absolute Gasteiger partial charge is 0.351 e. The molecule has 0 atom stereocenters. The number of hydrogen-bond acceptors (Lipinski definition) is 2. The Hall–Kier alpha value is -2.59. The van der Waals surface area contributed by atoms with Gasteiger partial charge in [-0.3, -0.25) is 9.89 Å². The van der Waals surface area contributed by atoms with E-state index in [1.807, 2.05) is 54.6 Å². The highest BCUT2D eigenvalue weighted by molar-refractivity contribution is 6.30. The molecule has 4 nitrogen and oxygen atoms in total. The molecule has 0 unspecified atom stereocenters. The Morgan fingerprint density at radius 3 is 2.60 bits per heavy atom. The maximum Gasteiger partial charge on any atom is 0.230 e. The number of rotatable bonds is 5. The van der Waals surface area contributed by atoms with E-state index in [-0.39, 0.29) is 5.91 Å². The molecule has 2 aromatic carbocycles. The fourth-order valence-electron chi connectivity index (χ4n) is 3.13. The summed E-state index contributed by atoms with van der Waals surface area (Å²) in [6.45, 7) is 0.518. The number of aromatic amines is 1. The molecule has 0 saturated heterocycles. The van der Waals surface area contributed by atoms with Crippen LogP contribution in [0.3, 0.4) is 0 Å². The molecule has 1 heterocycles. The van der Waals surface area contributed by atoms with Gasteiger partial charge in [0.2, 0.25) is 5.91 Å². The van der Waals surface area contributed by atoms with Crippen molar-refractivity contribution in [3.63, 3.8) is 0 Å². The van der Waals surface area contributed by atoms with Crippen LogP contribution in [0.15, 0.2) is 60.8 Å². The van der Waals surface area contributed by atoms with Gasteiger partial charge in [-0.1, -0.05) is 48.0 Å². The molecule has 2 N–H and O–H groups in total. The van der Waals surface area contributed by atoms with Gasteiger partial charge in [-0.15, -0.1) is 0 Å². The van der Waals surface area contributed by atoms with Crippen LogP contribution in [0, 0.1) is 0 Å². The zero-order chi connectivity index (χ0) is 17.3. The minimum Gasteiger partial charge on any atom is -0.351 e. The summed E-state index contributed by atoms with van der Waals surface area (Å²) < 4.78 is 0. The van der Waals surface area contributed by atoms with Crippen molar-refractivity contribution in [2.24, 2.45) is 0 Å². The van der Waals surface area contributed by atoms with E-state index >= 15 is 0 Å². The van der Waals surface area contributed by atoms with Crippen LogP contribution in [0.1, 0.15) is 24.0 Å². The van der Waals surface area contributed by atoms with Gasteiger partial charge in [-0.2, -0.15) is 5.10 Å². The van der Waals surface area contributed by atoms with Gasteiger partial charge in [0.15, 0.2) is 0 Å². The van der Waals surface area contributed by atoms with E-state index < -0.39 is 5.41 Å². The molecule has 126 valence electrons. The number of carbonyl (C=O) groups excluding carboxylic acids is 1. The SMILES string of the molecule is O=C(NCc1ccc(-c2ccn[nH]2)cc1)C1(c2cccc(Cl)c2)CC1. The van der Waals surface area contributed by atoms with Crippen LogP contribution in [0.5, 0.6) is 0 Å². The molecule has 1 aliphatic rings. The number of amides is 1. The number of carbonyl (C=O) groups is 1. The lowest BCUT2D eigenvalue weighted by Crippen LogP contribution is -2.34. The Balaban J connectivity index is 1.42. The van der Waals surface area contributed by atoms with E-state index in [0.29, 0.717) is 11.6 Å². The van der Waals surface area contributed by atoms with E-state index in [1.165, 1.54) is 0 Å². The zero-order valence-corrected chi connectivity index (χ0v) is 14.4. The van der Waals surface area contributed by atoms with Gasteiger partial charge in [0, 0.05) is 17.8 Å². The van der Waals surface area contributed by atoms with Crippen molar-refractivity contribution in [1.82, 2.24) is 15.5 Å². The first-order chi connectivity index (χ1) is 12.2. The van der Waals surface area contributed by atoms with Crippen molar-refractivity contribution >= 4 is 17.5 Å². The van der Waals surface area contributed by atoms with Gasteiger partial charge in [-0.05, 0) is 47.7 Å². The molecule has 1 fully saturated rings. The first-order valence-electron chi connectivity index (χ1n) is 8.30. The van der Waals surface area contributed by atoms with Crippen molar-refractivity contribution < 1.29 is 4.79 Å². The summed E-state index contributed by atoms with van der Waals surface area (Å²) in [5.74, 6) is 0.0763. The van der Waals surface area contributed by atoms with E-state index in [1.54, 1.807) is 6.20 Å². The number of H-pyrrole nitrogens is 1. The molecule has 1 aliphatic carbocycles. The second kappa shape index (κ2) is 6.37. The van der Waals surface area contributed by atoms with Crippen molar-refractivity contribution in [3.8, 4) is 11.3 Å². The van der Waals surface area contributed by atoms with E-state index in [0.717, 1.165) is 35.2 Å². The molecule has 1 aromatic heterocycles. The summed E-state index contributed by atoms with van der Waals surface area (Å²) in [6, 6.07) is 17.6. The van der Waals surface area contributed by atoms with Crippen molar-refractivity contribution in [1.29, 1.82) is 0 Å². The van der Waals surface area contributed by atoms with Crippen LogP contribution in [0.2, 0.25) is 5.02 Å². The number of nitrogens with zero attached hydrogens (tertiary/aromatic N) is 1. The van der Waals surface area contributed by atoms with Crippen LogP contribution in [-0.2, 0) is 16.8 Å². The predicted octanol–water partition coefficient (Wildman–Crippen LogP) is 4.08. The van der Waals surface area contributed by atoms with Crippen LogP contribution < -0.4 is 5.32 Å². The average molecular weight is 352 g/mol. The molecule has 0 bridgehead atoms. The molecule has 4 rings (SSSR count). The summed E-state index contributed by atoms with van der Waals surface area (Å²) in [5.41, 5.74) is 3.73. The van der Waals surface area contributed by atoms with Crippen LogP contribution in [0.4, 0.5) is 0 Å². The minimum absolute atomic E-state index is 0.0763. The molecular formula is C20H18ClN3O. The number of halogens is 1. The fraction of sp³-hybridized carbons (Fsp3) is 0.200. The monoisotopic (exact) mass is 351 g/mol. The second-order valence-corrected chi connectivity index (χ2v) is 6.88. The van der Waals surface area contributed by atoms with E-state index in [9.17, 15) is 4.79 Å². The zero-order valence-electron chi connectivity index (χ0n) is 13.6. The number of aromatic nitrogens is 2. The molecule has 0 radical (unpaired) electrons. The first kappa shape index (κ1) is 15.9. The Kier molecular flexibility index (Phi) is 4.06. The summed E-state index contributed by atoms with van der Waals surface area (Å²) in [6.07, 6.45) is 3.48. The maximum atomic E-state index is 12.7. The lowest BCUT2D eigenvalue weighted by molar-refractivity contribution is -0.123. The topological polar surface area (TPSA) is 57.8 Å². The Bertz CT molecular complexity index is 884. The number of hydrogen-bond donors (Lipinski definition) is 2. The van der Waals surface area contributed by atoms with Crippen LogP contribution in [-0.4, -0.2) is 16.1 Å². The molecule has 25 heavy (non-hydrogen) atoms. The van der Waals surface area contributed by atoms with Gasteiger partial charge >= 0.3 is 0 Å². The minimum atomic E-state index is -0.402. The highest BCUT2D eigenvalue weighted by Crippen LogP contribution is 2.48. The third-order valence-electron chi connectivity index (χ3n) is 4.78. The lowest BCUT2D eigenvalue weighted by atomic mass is 9.95. The van der Waals surface area contributed by atoms with Gasteiger partial charge in [0.1, 0.15) is 0 Å². The van der Waals surface area contributed by atoms with Gasteiger partial charge in [-0.25, -0.2) is 0 Å². The summed E-state index contributed by atoms with van der Waals surface area (Å²) >= 11 is 6.07.